The molecule has 0 unspecified atom stereocenters. The maximum Gasteiger partial charge on any atom is -0.00201 e. The Hall–Kier alpha value is -3.90. The first-order valence-corrected chi connectivity index (χ1v) is 10.5. The highest BCUT2D eigenvalue weighted by Crippen LogP contribution is 2.41. The second-order valence-electron chi connectivity index (χ2n) is 8.12. The topological polar surface area (TPSA) is 0 Å². The highest BCUT2D eigenvalue weighted by Gasteiger charge is 2.12. The minimum Gasteiger partial charge on any atom is -0.0616 e. The van der Waals surface area contributed by atoms with E-state index in [-0.39, 0.29) is 0 Å². The van der Waals surface area contributed by atoms with Gasteiger partial charge < -0.3 is 0 Å². The molecule has 0 N–H and O–H groups in total. The molecule has 0 aliphatic rings. The summed E-state index contributed by atoms with van der Waals surface area (Å²) in [5.41, 5.74) is 0. The molecule has 7 aromatic carbocycles. The lowest BCUT2D eigenvalue weighted by Gasteiger charge is -2.14. The van der Waals surface area contributed by atoms with Crippen molar-refractivity contribution in [2.75, 3.05) is 0 Å². The SMILES string of the molecule is c1ccc2c(c1)ccc1c2ccc2c1ccc1c3ccccc3c3ccccc3c21. The summed E-state index contributed by atoms with van der Waals surface area (Å²) in [6.45, 7) is 0. The summed E-state index contributed by atoms with van der Waals surface area (Å²) in [5.74, 6) is 0. The van der Waals surface area contributed by atoms with E-state index < -0.39 is 0 Å². The van der Waals surface area contributed by atoms with Crippen molar-refractivity contribution in [3.8, 4) is 0 Å². The molecule has 0 aliphatic heterocycles. The molecule has 30 heavy (non-hydrogen) atoms. The van der Waals surface area contributed by atoms with E-state index in [0.717, 1.165) is 0 Å². The van der Waals surface area contributed by atoms with Gasteiger partial charge in [0.15, 0.2) is 0 Å². The van der Waals surface area contributed by atoms with Crippen molar-refractivity contribution < 1.29 is 0 Å². The molecule has 0 bridgehead atoms. The van der Waals surface area contributed by atoms with Crippen LogP contribution in [0.3, 0.4) is 0 Å². The molecule has 0 amide bonds. The maximum absolute atomic E-state index is 2.33. The van der Waals surface area contributed by atoms with Crippen molar-refractivity contribution in [3.05, 3.63) is 109 Å². The smallest absolute Gasteiger partial charge is 0.00201 e. The fraction of sp³-hybridized carbons (Fsp3) is 0. The highest BCUT2D eigenvalue weighted by molar-refractivity contribution is 6.33. The standard InChI is InChI=1S/C30H18/c1-2-8-20-19(7-1)13-14-25-24(20)15-17-29-26(25)16-18-28-23-11-4-3-9-21(23)22-10-5-6-12-27(22)30(28)29/h1-18H. The second-order valence-corrected chi connectivity index (χ2v) is 8.12. The molecule has 7 rings (SSSR count). The van der Waals surface area contributed by atoms with Crippen LogP contribution in [0.15, 0.2) is 109 Å². The summed E-state index contributed by atoms with van der Waals surface area (Å²) < 4.78 is 0. The molecule has 0 aliphatic carbocycles. The van der Waals surface area contributed by atoms with Gasteiger partial charge in [-0.25, -0.2) is 0 Å². The first-order chi connectivity index (χ1) is 14.9. The number of hydrogen-bond acceptors (Lipinski definition) is 0. The molecular formula is C30H18. The maximum atomic E-state index is 2.33. The van der Waals surface area contributed by atoms with Crippen LogP contribution >= 0.6 is 0 Å². The van der Waals surface area contributed by atoms with Crippen LogP contribution in [0.1, 0.15) is 0 Å². The molecule has 7 aromatic rings. The van der Waals surface area contributed by atoms with E-state index in [2.05, 4.69) is 109 Å². The molecular weight excluding hydrogens is 360 g/mol. The van der Waals surface area contributed by atoms with Crippen LogP contribution in [0.25, 0.3) is 64.6 Å². The number of fused-ring (bicyclic) bond motifs is 12. The van der Waals surface area contributed by atoms with Gasteiger partial charge in [0, 0.05) is 0 Å². The van der Waals surface area contributed by atoms with Crippen LogP contribution in [-0.4, -0.2) is 0 Å². The Morgan fingerprint density at radius 1 is 0.233 bits per heavy atom. The van der Waals surface area contributed by atoms with Crippen LogP contribution in [-0.2, 0) is 0 Å². The highest BCUT2D eigenvalue weighted by atomic mass is 14.2. The van der Waals surface area contributed by atoms with Crippen molar-refractivity contribution >= 4 is 64.6 Å². The number of benzene rings is 7. The Kier molecular flexibility index (Phi) is 3.09. The fourth-order valence-corrected chi connectivity index (χ4v) is 5.31. The zero-order chi connectivity index (χ0) is 19.7. The predicted octanol–water partition coefficient (Wildman–Crippen LogP) is 8.61. The van der Waals surface area contributed by atoms with Gasteiger partial charge in [-0.3, -0.25) is 0 Å². The number of hydrogen-bond donors (Lipinski definition) is 0. The molecule has 0 spiro atoms. The van der Waals surface area contributed by atoms with E-state index >= 15 is 0 Å². The minimum absolute atomic E-state index is 1.29. The zero-order valence-corrected chi connectivity index (χ0v) is 16.4. The average Bonchev–Trinajstić information content (AvgIpc) is 2.83. The Bertz CT molecular complexity index is 1750. The van der Waals surface area contributed by atoms with Gasteiger partial charge in [0.1, 0.15) is 0 Å². The summed E-state index contributed by atoms with van der Waals surface area (Å²) in [7, 11) is 0. The first-order valence-electron chi connectivity index (χ1n) is 10.5. The predicted molar refractivity (Wildman–Crippen MR) is 131 cm³/mol. The Morgan fingerprint density at radius 3 is 1.23 bits per heavy atom. The van der Waals surface area contributed by atoms with Crippen molar-refractivity contribution in [2.24, 2.45) is 0 Å². The molecule has 138 valence electrons. The van der Waals surface area contributed by atoms with Gasteiger partial charge in [0.25, 0.3) is 0 Å². The molecule has 0 aromatic heterocycles. The second kappa shape index (κ2) is 5.81. The van der Waals surface area contributed by atoms with Crippen molar-refractivity contribution in [1.82, 2.24) is 0 Å². The van der Waals surface area contributed by atoms with Gasteiger partial charge in [-0.1, -0.05) is 109 Å². The van der Waals surface area contributed by atoms with E-state index in [4.69, 9.17) is 0 Å². The van der Waals surface area contributed by atoms with Crippen molar-refractivity contribution in [2.45, 2.75) is 0 Å². The van der Waals surface area contributed by atoms with Gasteiger partial charge >= 0.3 is 0 Å². The summed E-state index contributed by atoms with van der Waals surface area (Å²) in [4.78, 5) is 0. The van der Waals surface area contributed by atoms with Crippen LogP contribution in [0, 0.1) is 0 Å². The van der Waals surface area contributed by atoms with E-state index in [1.165, 1.54) is 64.6 Å². The first kappa shape index (κ1) is 16.0. The largest absolute Gasteiger partial charge is 0.0616 e. The summed E-state index contributed by atoms with van der Waals surface area (Å²) in [6.07, 6.45) is 0. The lowest BCUT2D eigenvalue weighted by Crippen LogP contribution is -1.86. The third kappa shape index (κ3) is 2.00. The Labute approximate surface area is 174 Å². The lowest BCUT2D eigenvalue weighted by molar-refractivity contribution is 1.78. The van der Waals surface area contributed by atoms with Crippen molar-refractivity contribution in [3.63, 3.8) is 0 Å². The molecule has 0 nitrogen and oxygen atoms in total. The van der Waals surface area contributed by atoms with Gasteiger partial charge in [-0.15, -0.1) is 0 Å². The fourth-order valence-electron chi connectivity index (χ4n) is 5.31. The summed E-state index contributed by atoms with van der Waals surface area (Å²) >= 11 is 0. The van der Waals surface area contributed by atoms with Gasteiger partial charge in [-0.2, -0.15) is 0 Å². The molecule has 0 heteroatoms. The molecule has 0 radical (unpaired) electrons. The zero-order valence-electron chi connectivity index (χ0n) is 16.4. The van der Waals surface area contributed by atoms with E-state index in [1.807, 2.05) is 0 Å². The molecule has 0 fully saturated rings. The Balaban J connectivity index is 1.77. The number of rotatable bonds is 0. The normalized spacial score (nSPS) is 12.0. The van der Waals surface area contributed by atoms with Gasteiger partial charge in [0.2, 0.25) is 0 Å². The van der Waals surface area contributed by atoms with E-state index in [0.29, 0.717) is 0 Å². The minimum atomic E-state index is 1.29. The summed E-state index contributed by atoms with van der Waals surface area (Å²) in [6, 6.07) is 40.1. The Morgan fingerprint density at radius 2 is 0.567 bits per heavy atom. The molecule has 0 saturated heterocycles. The molecule has 0 atom stereocenters. The molecule has 0 saturated carbocycles. The third-order valence-electron chi connectivity index (χ3n) is 6.63. The lowest BCUT2D eigenvalue weighted by atomic mass is 9.89. The van der Waals surface area contributed by atoms with E-state index in [9.17, 15) is 0 Å². The third-order valence-corrected chi connectivity index (χ3v) is 6.63. The van der Waals surface area contributed by atoms with Crippen LogP contribution in [0.5, 0.6) is 0 Å². The average molecular weight is 378 g/mol. The monoisotopic (exact) mass is 378 g/mol. The van der Waals surface area contributed by atoms with Gasteiger partial charge in [-0.05, 0) is 64.6 Å². The van der Waals surface area contributed by atoms with Crippen LogP contribution < -0.4 is 0 Å². The van der Waals surface area contributed by atoms with Gasteiger partial charge in [0.05, 0.1) is 0 Å². The quantitative estimate of drug-likeness (QED) is 0.232. The van der Waals surface area contributed by atoms with Crippen LogP contribution in [0.2, 0.25) is 0 Å². The van der Waals surface area contributed by atoms with Crippen molar-refractivity contribution in [1.29, 1.82) is 0 Å². The summed E-state index contributed by atoms with van der Waals surface area (Å²) in [5, 5.41) is 15.9. The molecule has 0 heterocycles. The van der Waals surface area contributed by atoms with Crippen LogP contribution in [0.4, 0.5) is 0 Å². The van der Waals surface area contributed by atoms with E-state index in [1.54, 1.807) is 0 Å².